The zero-order valence-electron chi connectivity index (χ0n) is 11.8. The Balaban J connectivity index is 1.83. The van der Waals surface area contributed by atoms with Crippen molar-refractivity contribution in [3.8, 4) is 5.75 Å². The van der Waals surface area contributed by atoms with Crippen LogP contribution in [-0.2, 0) is 11.2 Å². The van der Waals surface area contributed by atoms with Gasteiger partial charge in [-0.25, -0.2) is 0 Å². The fourth-order valence-electron chi connectivity index (χ4n) is 2.50. The highest BCUT2D eigenvalue weighted by atomic mass is 35.5. The molecule has 1 heterocycles. The molecule has 0 spiro atoms. The molecule has 0 aromatic heterocycles. The third-order valence-corrected chi connectivity index (χ3v) is 3.75. The summed E-state index contributed by atoms with van der Waals surface area (Å²) < 4.78 is 5.77. The molecule has 21 heavy (non-hydrogen) atoms. The third kappa shape index (κ3) is 3.03. The Morgan fingerprint density at radius 2 is 1.95 bits per heavy atom. The molecular formula is C17H16ClNO2. The average Bonchev–Trinajstić information content (AvgIpc) is 2.48. The summed E-state index contributed by atoms with van der Waals surface area (Å²) in [6.07, 6.45) is 0.354. The van der Waals surface area contributed by atoms with E-state index < -0.39 is 0 Å². The Morgan fingerprint density at radius 3 is 2.71 bits per heavy atom. The van der Waals surface area contributed by atoms with Crippen molar-refractivity contribution in [1.82, 2.24) is 0 Å². The molecule has 3 rings (SSSR count). The number of hydrogen-bond donors (Lipinski definition) is 0. The molecule has 0 saturated carbocycles. The molecule has 2 aromatic carbocycles. The van der Waals surface area contributed by atoms with Gasteiger partial charge in [-0.1, -0.05) is 35.9 Å². The highest BCUT2D eigenvalue weighted by Gasteiger charge is 2.27. The van der Waals surface area contributed by atoms with Gasteiger partial charge < -0.3 is 9.64 Å². The van der Waals surface area contributed by atoms with Crippen molar-refractivity contribution in [2.24, 2.45) is 0 Å². The van der Waals surface area contributed by atoms with Crippen molar-refractivity contribution >= 4 is 23.2 Å². The molecule has 108 valence electrons. The molecule has 0 radical (unpaired) electrons. The van der Waals surface area contributed by atoms with Crippen LogP contribution in [0.3, 0.4) is 0 Å². The summed E-state index contributed by atoms with van der Waals surface area (Å²) >= 11 is 5.87. The average molecular weight is 302 g/mol. The van der Waals surface area contributed by atoms with Crippen molar-refractivity contribution in [2.45, 2.75) is 19.4 Å². The van der Waals surface area contributed by atoms with Crippen molar-refractivity contribution in [3.63, 3.8) is 0 Å². The van der Waals surface area contributed by atoms with E-state index in [0.29, 0.717) is 18.0 Å². The van der Waals surface area contributed by atoms with Gasteiger partial charge in [0.2, 0.25) is 5.91 Å². The monoisotopic (exact) mass is 301 g/mol. The smallest absolute Gasteiger partial charge is 0.231 e. The van der Waals surface area contributed by atoms with Crippen molar-refractivity contribution < 1.29 is 9.53 Å². The number of amides is 1. The van der Waals surface area contributed by atoms with Gasteiger partial charge in [0.05, 0.1) is 18.7 Å². The summed E-state index contributed by atoms with van der Waals surface area (Å²) in [5, 5.41) is 0.677. The fraction of sp³-hybridized carbons (Fsp3) is 0.235. The van der Waals surface area contributed by atoms with E-state index in [9.17, 15) is 4.79 Å². The molecule has 0 bridgehead atoms. The van der Waals surface area contributed by atoms with Gasteiger partial charge in [0.1, 0.15) is 11.9 Å². The van der Waals surface area contributed by atoms with E-state index in [2.05, 4.69) is 0 Å². The minimum absolute atomic E-state index is 0.00549. The molecule has 1 unspecified atom stereocenters. The van der Waals surface area contributed by atoms with Crippen LogP contribution in [0.1, 0.15) is 12.5 Å². The molecule has 0 saturated heterocycles. The molecule has 1 aliphatic rings. The molecule has 0 aliphatic carbocycles. The van der Waals surface area contributed by atoms with E-state index in [4.69, 9.17) is 16.3 Å². The number of nitrogens with zero attached hydrogens (tertiary/aromatic N) is 1. The number of hydrogen-bond acceptors (Lipinski definition) is 2. The summed E-state index contributed by atoms with van der Waals surface area (Å²) in [7, 11) is 0. The minimum Gasteiger partial charge on any atom is -0.487 e. The van der Waals surface area contributed by atoms with Crippen LogP contribution in [-0.4, -0.2) is 18.6 Å². The van der Waals surface area contributed by atoms with Gasteiger partial charge >= 0.3 is 0 Å². The number of fused-ring (bicyclic) bond motifs is 1. The summed E-state index contributed by atoms with van der Waals surface area (Å²) in [4.78, 5) is 14.4. The number of para-hydroxylation sites is 2. The zero-order chi connectivity index (χ0) is 14.8. The lowest BCUT2D eigenvalue weighted by atomic mass is 10.1. The molecule has 2 aromatic rings. The van der Waals surface area contributed by atoms with Crippen molar-refractivity contribution in [3.05, 3.63) is 59.1 Å². The zero-order valence-corrected chi connectivity index (χ0v) is 12.5. The van der Waals surface area contributed by atoms with Crippen LogP contribution in [0.25, 0.3) is 0 Å². The maximum atomic E-state index is 12.6. The van der Waals surface area contributed by atoms with Gasteiger partial charge in [0.25, 0.3) is 0 Å². The lowest BCUT2D eigenvalue weighted by molar-refractivity contribution is -0.118. The Kier molecular flexibility index (Phi) is 3.84. The summed E-state index contributed by atoms with van der Waals surface area (Å²) in [6, 6.07) is 15.0. The molecule has 1 atom stereocenters. The number of carbonyl (C=O) groups excluding carboxylic acids is 1. The first-order valence-electron chi connectivity index (χ1n) is 6.94. The van der Waals surface area contributed by atoms with Gasteiger partial charge in [0, 0.05) is 5.02 Å². The number of carbonyl (C=O) groups is 1. The Labute approximate surface area is 129 Å². The van der Waals surface area contributed by atoms with Gasteiger partial charge in [-0.05, 0) is 36.8 Å². The first-order valence-corrected chi connectivity index (χ1v) is 7.32. The van der Waals surface area contributed by atoms with E-state index in [-0.39, 0.29) is 12.0 Å². The minimum atomic E-state index is -0.00549. The standard InChI is InChI=1S/C17H16ClNO2/c1-12-11-19(15-4-2-3-5-16(15)21-12)17(20)10-13-6-8-14(18)9-7-13/h2-9,12H,10-11H2,1H3. The quantitative estimate of drug-likeness (QED) is 0.846. The summed E-state index contributed by atoms with van der Waals surface area (Å²) in [5.41, 5.74) is 1.80. The lowest BCUT2D eigenvalue weighted by Crippen LogP contribution is -2.43. The molecule has 1 amide bonds. The van der Waals surface area contributed by atoms with E-state index in [0.717, 1.165) is 17.0 Å². The first-order chi connectivity index (χ1) is 10.1. The van der Waals surface area contributed by atoms with Crippen LogP contribution in [0, 0.1) is 0 Å². The van der Waals surface area contributed by atoms with Gasteiger partial charge in [-0.15, -0.1) is 0 Å². The van der Waals surface area contributed by atoms with Crippen LogP contribution in [0.4, 0.5) is 5.69 Å². The number of rotatable bonds is 2. The predicted molar refractivity (Wildman–Crippen MR) is 84.0 cm³/mol. The summed E-state index contributed by atoms with van der Waals surface area (Å²) in [6.45, 7) is 2.54. The van der Waals surface area contributed by atoms with E-state index in [1.54, 1.807) is 17.0 Å². The molecule has 4 heteroatoms. The first kappa shape index (κ1) is 14.0. The molecule has 0 fully saturated rings. The van der Waals surface area contributed by atoms with Crippen LogP contribution in [0.15, 0.2) is 48.5 Å². The third-order valence-electron chi connectivity index (χ3n) is 3.49. The predicted octanol–water partition coefficient (Wildman–Crippen LogP) is 3.70. The second-order valence-electron chi connectivity index (χ2n) is 5.20. The van der Waals surface area contributed by atoms with Crippen molar-refractivity contribution in [2.75, 3.05) is 11.4 Å². The van der Waals surface area contributed by atoms with Gasteiger partial charge in [0.15, 0.2) is 0 Å². The van der Waals surface area contributed by atoms with E-state index in [1.807, 2.05) is 43.3 Å². The highest BCUT2D eigenvalue weighted by molar-refractivity contribution is 6.30. The van der Waals surface area contributed by atoms with Gasteiger partial charge in [-0.3, -0.25) is 4.79 Å². The van der Waals surface area contributed by atoms with Gasteiger partial charge in [-0.2, -0.15) is 0 Å². The topological polar surface area (TPSA) is 29.5 Å². The number of ether oxygens (including phenoxy) is 1. The largest absolute Gasteiger partial charge is 0.487 e. The second kappa shape index (κ2) is 5.78. The Morgan fingerprint density at radius 1 is 1.24 bits per heavy atom. The molecule has 3 nitrogen and oxygen atoms in total. The van der Waals surface area contributed by atoms with E-state index >= 15 is 0 Å². The molecular weight excluding hydrogens is 286 g/mol. The SMILES string of the molecule is CC1CN(C(=O)Cc2ccc(Cl)cc2)c2ccccc2O1. The van der Waals surface area contributed by atoms with Crippen molar-refractivity contribution in [1.29, 1.82) is 0 Å². The highest BCUT2D eigenvalue weighted by Crippen LogP contribution is 2.33. The van der Waals surface area contributed by atoms with Crippen LogP contribution < -0.4 is 9.64 Å². The fourth-order valence-corrected chi connectivity index (χ4v) is 2.62. The van der Waals surface area contributed by atoms with Crippen LogP contribution in [0.5, 0.6) is 5.75 Å². The lowest BCUT2D eigenvalue weighted by Gasteiger charge is -2.33. The summed E-state index contributed by atoms with van der Waals surface area (Å²) in [5.74, 6) is 0.834. The maximum Gasteiger partial charge on any atom is 0.231 e. The Bertz CT molecular complexity index is 654. The van der Waals surface area contributed by atoms with E-state index in [1.165, 1.54) is 0 Å². The molecule has 1 aliphatic heterocycles. The van der Waals surface area contributed by atoms with Crippen LogP contribution >= 0.6 is 11.6 Å². The maximum absolute atomic E-state index is 12.6. The molecule has 0 N–H and O–H groups in total. The van der Waals surface area contributed by atoms with Crippen LogP contribution in [0.2, 0.25) is 5.02 Å². The normalized spacial score (nSPS) is 17.0. The number of anilines is 1. The number of halogens is 1. The second-order valence-corrected chi connectivity index (χ2v) is 5.64. The Hall–Kier alpha value is -2.00. The number of benzene rings is 2.